The molecule has 140 valence electrons. The number of hydrogen-bond donors (Lipinski definition) is 2. The van der Waals surface area contributed by atoms with Gasteiger partial charge < -0.3 is 24.5 Å². The number of carbonyl (C=O) groups is 1. The number of aliphatic hydroxyl groups is 2. The molecule has 1 spiro atoms. The van der Waals surface area contributed by atoms with Gasteiger partial charge in [-0.15, -0.1) is 0 Å². The maximum absolute atomic E-state index is 11.0. The van der Waals surface area contributed by atoms with Crippen molar-refractivity contribution in [2.24, 2.45) is 0 Å². The van der Waals surface area contributed by atoms with Crippen molar-refractivity contribution in [2.45, 2.75) is 95.4 Å². The van der Waals surface area contributed by atoms with Crippen LogP contribution in [0.5, 0.6) is 0 Å². The number of epoxide rings is 1. The zero-order valence-corrected chi connectivity index (χ0v) is 15.6. The maximum atomic E-state index is 11.0. The standard InChI is InChI=1S/C20H30O5/c1-5-13-14(10-8-6-7-9-12(2)21)16(23)18-20(25-18)11-15(22)19(3,4)24-17(13)20/h8,10,15-18,22-23H,5-7,9,11H2,1-4H3/t15-,16+,17-,18-,20+/m1/s1. The molecule has 3 aliphatic rings. The molecular weight excluding hydrogens is 320 g/mol. The molecule has 2 saturated heterocycles. The lowest BCUT2D eigenvalue weighted by atomic mass is 9.72. The smallest absolute Gasteiger partial charge is 0.130 e. The minimum Gasteiger partial charge on any atom is -0.390 e. The number of rotatable bonds is 6. The second-order valence-electron chi connectivity index (χ2n) is 8.09. The van der Waals surface area contributed by atoms with E-state index in [1.807, 2.05) is 26.0 Å². The van der Waals surface area contributed by atoms with Crippen LogP contribution in [0.4, 0.5) is 0 Å². The molecule has 0 aromatic rings. The van der Waals surface area contributed by atoms with Crippen molar-refractivity contribution in [1.29, 1.82) is 0 Å². The van der Waals surface area contributed by atoms with E-state index in [4.69, 9.17) is 9.47 Å². The summed E-state index contributed by atoms with van der Waals surface area (Å²) in [6.07, 6.45) is 5.63. The Morgan fingerprint density at radius 1 is 1.32 bits per heavy atom. The Balaban J connectivity index is 1.82. The van der Waals surface area contributed by atoms with Crippen LogP contribution >= 0.6 is 0 Å². The fourth-order valence-electron chi connectivity index (χ4n) is 4.19. The van der Waals surface area contributed by atoms with Crippen LogP contribution in [0.15, 0.2) is 23.3 Å². The van der Waals surface area contributed by atoms with Gasteiger partial charge in [-0.25, -0.2) is 0 Å². The summed E-state index contributed by atoms with van der Waals surface area (Å²) in [7, 11) is 0. The monoisotopic (exact) mass is 350 g/mol. The van der Waals surface area contributed by atoms with Crippen LogP contribution in [0.1, 0.15) is 59.8 Å². The molecule has 0 amide bonds. The lowest BCUT2D eigenvalue weighted by Crippen LogP contribution is -2.58. The largest absolute Gasteiger partial charge is 0.390 e. The SMILES string of the molecule is CCC1=C(C=CCCCC(C)=O)[C@H](O)[C@H]2O[C@]23C[C@@H](O)C(C)(C)O[C@H]13. The van der Waals surface area contributed by atoms with Crippen LogP contribution in [0.2, 0.25) is 0 Å². The van der Waals surface area contributed by atoms with Crippen LogP contribution in [-0.4, -0.2) is 51.6 Å². The fourth-order valence-corrected chi connectivity index (χ4v) is 4.19. The summed E-state index contributed by atoms with van der Waals surface area (Å²) < 4.78 is 12.2. The Kier molecular flexibility index (Phi) is 4.97. The number of ketones is 1. The summed E-state index contributed by atoms with van der Waals surface area (Å²) in [5, 5.41) is 21.1. The van der Waals surface area contributed by atoms with Gasteiger partial charge in [-0.05, 0) is 51.2 Å². The number of hydrogen-bond acceptors (Lipinski definition) is 5. The summed E-state index contributed by atoms with van der Waals surface area (Å²) in [5.74, 6) is 0.201. The predicted octanol–water partition coefficient (Wildman–Crippen LogP) is 2.45. The fraction of sp³-hybridized carbons (Fsp3) is 0.750. The van der Waals surface area contributed by atoms with Gasteiger partial charge in [-0.2, -0.15) is 0 Å². The second-order valence-corrected chi connectivity index (χ2v) is 8.09. The number of unbranched alkanes of at least 4 members (excludes halogenated alkanes) is 1. The van der Waals surface area contributed by atoms with Crippen LogP contribution < -0.4 is 0 Å². The summed E-state index contributed by atoms with van der Waals surface area (Å²) in [6.45, 7) is 7.46. The first kappa shape index (κ1) is 18.8. The Bertz CT molecular complexity index is 605. The first-order chi connectivity index (χ1) is 11.7. The van der Waals surface area contributed by atoms with E-state index in [2.05, 4.69) is 6.92 Å². The highest BCUT2D eigenvalue weighted by Gasteiger charge is 2.72. The van der Waals surface area contributed by atoms with Gasteiger partial charge in [0.15, 0.2) is 0 Å². The molecule has 2 aliphatic heterocycles. The molecule has 5 heteroatoms. The molecule has 0 saturated carbocycles. The number of carbonyl (C=O) groups excluding carboxylic acids is 1. The van der Waals surface area contributed by atoms with E-state index in [-0.39, 0.29) is 18.0 Å². The van der Waals surface area contributed by atoms with Gasteiger partial charge in [0.2, 0.25) is 0 Å². The average molecular weight is 350 g/mol. The second kappa shape index (κ2) is 6.62. The van der Waals surface area contributed by atoms with E-state index in [9.17, 15) is 15.0 Å². The Labute approximate surface area is 149 Å². The van der Waals surface area contributed by atoms with Crippen molar-refractivity contribution < 1.29 is 24.5 Å². The van der Waals surface area contributed by atoms with Gasteiger partial charge in [0.1, 0.15) is 29.7 Å². The normalized spacial score (nSPS) is 39.3. The van der Waals surface area contributed by atoms with Gasteiger partial charge in [-0.3, -0.25) is 0 Å². The minimum atomic E-state index is -0.688. The molecule has 2 fully saturated rings. The molecule has 5 atom stereocenters. The van der Waals surface area contributed by atoms with Gasteiger partial charge in [0.25, 0.3) is 0 Å². The molecule has 2 heterocycles. The third kappa shape index (κ3) is 3.23. The van der Waals surface area contributed by atoms with E-state index in [0.717, 1.165) is 30.4 Å². The Morgan fingerprint density at radius 2 is 2.04 bits per heavy atom. The van der Waals surface area contributed by atoms with E-state index < -0.39 is 23.4 Å². The van der Waals surface area contributed by atoms with Crippen molar-refractivity contribution in [2.75, 3.05) is 0 Å². The molecule has 0 aromatic heterocycles. The minimum absolute atomic E-state index is 0.201. The quantitative estimate of drug-likeness (QED) is 0.568. The van der Waals surface area contributed by atoms with E-state index >= 15 is 0 Å². The summed E-state index contributed by atoms with van der Waals surface area (Å²) in [6, 6.07) is 0. The average Bonchev–Trinajstić information content (AvgIpc) is 3.25. The molecule has 1 aliphatic carbocycles. The van der Waals surface area contributed by atoms with Crippen molar-refractivity contribution >= 4 is 5.78 Å². The third-order valence-corrected chi connectivity index (χ3v) is 5.82. The first-order valence-electron chi connectivity index (χ1n) is 9.33. The molecule has 2 N–H and O–H groups in total. The molecule has 0 unspecified atom stereocenters. The van der Waals surface area contributed by atoms with Crippen LogP contribution in [-0.2, 0) is 14.3 Å². The van der Waals surface area contributed by atoms with Crippen molar-refractivity contribution in [3.8, 4) is 0 Å². The summed E-state index contributed by atoms with van der Waals surface area (Å²) >= 11 is 0. The summed E-state index contributed by atoms with van der Waals surface area (Å²) in [4.78, 5) is 11.0. The van der Waals surface area contributed by atoms with Gasteiger partial charge in [0, 0.05) is 12.8 Å². The topological polar surface area (TPSA) is 79.3 Å². The van der Waals surface area contributed by atoms with Gasteiger partial charge >= 0.3 is 0 Å². The Hall–Kier alpha value is -1.01. The maximum Gasteiger partial charge on any atom is 0.130 e. The van der Waals surface area contributed by atoms with Crippen LogP contribution in [0.25, 0.3) is 0 Å². The van der Waals surface area contributed by atoms with Crippen molar-refractivity contribution in [3.05, 3.63) is 23.3 Å². The van der Waals surface area contributed by atoms with Crippen LogP contribution in [0.3, 0.4) is 0 Å². The molecule has 5 nitrogen and oxygen atoms in total. The van der Waals surface area contributed by atoms with Crippen molar-refractivity contribution in [3.63, 3.8) is 0 Å². The molecular formula is C20H30O5. The molecule has 0 bridgehead atoms. The lowest BCUT2D eigenvalue weighted by molar-refractivity contribution is -0.189. The highest BCUT2D eigenvalue weighted by molar-refractivity contribution is 5.75. The van der Waals surface area contributed by atoms with E-state index in [1.54, 1.807) is 6.92 Å². The van der Waals surface area contributed by atoms with Gasteiger partial charge in [0.05, 0.1) is 11.7 Å². The van der Waals surface area contributed by atoms with Crippen molar-refractivity contribution in [1.82, 2.24) is 0 Å². The zero-order chi connectivity index (χ0) is 18.4. The van der Waals surface area contributed by atoms with E-state index in [1.165, 1.54) is 0 Å². The number of aliphatic hydroxyl groups excluding tert-OH is 2. The molecule has 3 rings (SSSR count). The highest BCUT2D eigenvalue weighted by atomic mass is 16.7. The lowest BCUT2D eigenvalue weighted by Gasteiger charge is -2.46. The molecule has 25 heavy (non-hydrogen) atoms. The summed E-state index contributed by atoms with van der Waals surface area (Å²) in [5.41, 5.74) is 0.724. The first-order valence-corrected chi connectivity index (χ1v) is 9.33. The number of allylic oxidation sites excluding steroid dienone is 1. The van der Waals surface area contributed by atoms with E-state index in [0.29, 0.717) is 12.8 Å². The number of ether oxygens (including phenoxy) is 2. The number of Topliss-reactive ketones (excluding diaryl/α,β-unsaturated/α-hetero) is 1. The van der Waals surface area contributed by atoms with Crippen LogP contribution in [0, 0.1) is 0 Å². The molecule has 0 radical (unpaired) electrons. The predicted molar refractivity (Wildman–Crippen MR) is 94.2 cm³/mol. The molecule has 0 aromatic carbocycles. The highest BCUT2D eigenvalue weighted by Crippen LogP contribution is 2.58. The van der Waals surface area contributed by atoms with Gasteiger partial charge in [-0.1, -0.05) is 19.1 Å². The zero-order valence-electron chi connectivity index (χ0n) is 15.6. The third-order valence-electron chi connectivity index (χ3n) is 5.82. The Morgan fingerprint density at radius 3 is 2.68 bits per heavy atom.